The van der Waals surface area contributed by atoms with E-state index in [1.165, 1.54) is 0 Å². The molecular weight excluding hydrogens is 378 g/mol. The first kappa shape index (κ1) is 20.6. The topological polar surface area (TPSA) is 74.6 Å². The van der Waals surface area contributed by atoms with Gasteiger partial charge in [-0.25, -0.2) is 0 Å². The van der Waals surface area contributed by atoms with Gasteiger partial charge in [0.05, 0.1) is 12.0 Å². The number of aliphatic hydroxyl groups is 1. The fourth-order valence-electron chi connectivity index (χ4n) is 5.18. The van der Waals surface area contributed by atoms with Crippen LogP contribution < -0.4 is 10.9 Å². The highest BCUT2D eigenvalue weighted by atomic mass is 16.3. The molecule has 3 heterocycles. The standard InChI is InChI=1S/C24H29N3O3/c1-3-8-17-11-12-19-22-21(23(29)25-13-16-9-6-5-7-10-16)18(15-28)20(26(22)4-2)14-27(19)24(17)30/h3,5-12,18,20-22,28H,4,13-15H2,1-2H3,(H,25,29)/b8-3+/t18-,20-,21+,22+/m1/s1. The van der Waals surface area contributed by atoms with Gasteiger partial charge in [0.15, 0.2) is 0 Å². The minimum Gasteiger partial charge on any atom is -0.396 e. The summed E-state index contributed by atoms with van der Waals surface area (Å²) in [6, 6.07) is 13.4. The summed E-state index contributed by atoms with van der Waals surface area (Å²) < 4.78 is 1.81. The molecule has 1 aromatic heterocycles. The van der Waals surface area contributed by atoms with Crippen LogP contribution in [0, 0.1) is 11.8 Å². The van der Waals surface area contributed by atoms with Gasteiger partial charge in [-0.1, -0.05) is 49.4 Å². The molecule has 0 aliphatic carbocycles. The number of carbonyl (C=O) groups excluding carboxylic acids is 1. The number of aliphatic hydroxyl groups excluding tert-OH is 1. The van der Waals surface area contributed by atoms with Gasteiger partial charge in [0.1, 0.15) is 0 Å². The van der Waals surface area contributed by atoms with Crippen LogP contribution in [0.4, 0.5) is 0 Å². The first-order valence-electron chi connectivity index (χ1n) is 10.6. The lowest BCUT2D eigenvalue weighted by molar-refractivity contribution is -0.127. The van der Waals surface area contributed by atoms with E-state index in [0.717, 1.165) is 17.8 Å². The molecule has 1 amide bonds. The van der Waals surface area contributed by atoms with Crippen LogP contribution in [0.1, 0.15) is 36.7 Å². The van der Waals surface area contributed by atoms with Crippen LogP contribution in [0.2, 0.25) is 0 Å². The molecule has 4 atom stereocenters. The van der Waals surface area contributed by atoms with Crippen molar-refractivity contribution < 1.29 is 9.90 Å². The predicted octanol–water partition coefficient (Wildman–Crippen LogP) is 2.18. The number of pyridine rings is 1. The van der Waals surface area contributed by atoms with Gasteiger partial charge in [0.25, 0.3) is 5.56 Å². The molecule has 30 heavy (non-hydrogen) atoms. The van der Waals surface area contributed by atoms with E-state index in [4.69, 9.17) is 0 Å². The second kappa shape index (κ2) is 8.58. The number of amides is 1. The monoisotopic (exact) mass is 407 g/mol. The molecule has 0 unspecified atom stereocenters. The first-order chi connectivity index (χ1) is 14.6. The Morgan fingerprint density at radius 2 is 2.00 bits per heavy atom. The number of nitrogens with zero attached hydrogens (tertiary/aromatic N) is 2. The number of carbonyl (C=O) groups is 1. The third-order valence-electron chi connectivity index (χ3n) is 6.52. The highest BCUT2D eigenvalue weighted by Gasteiger charge is 2.55. The third kappa shape index (κ3) is 3.40. The summed E-state index contributed by atoms with van der Waals surface area (Å²) in [4.78, 5) is 28.6. The Morgan fingerprint density at radius 3 is 2.67 bits per heavy atom. The third-order valence-corrected chi connectivity index (χ3v) is 6.52. The van der Waals surface area contributed by atoms with Crippen LogP contribution in [-0.4, -0.2) is 39.7 Å². The Bertz CT molecular complexity index is 999. The Labute approximate surface area is 176 Å². The van der Waals surface area contributed by atoms with Crippen LogP contribution in [0.25, 0.3) is 6.08 Å². The van der Waals surface area contributed by atoms with E-state index < -0.39 is 5.92 Å². The zero-order valence-electron chi connectivity index (χ0n) is 17.5. The predicted molar refractivity (Wildman–Crippen MR) is 117 cm³/mol. The number of aromatic nitrogens is 1. The van der Waals surface area contributed by atoms with E-state index >= 15 is 0 Å². The average molecular weight is 408 g/mol. The molecule has 2 N–H and O–H groups in total. The Balaban J connectivity index is 1.69. The lowest BCUT2D eigenvalue weighted by Gasteiger charge is -2.37. The Morgan fingerprint density at radius 1 is 1.23 bits per heavy atom. The molecule has 6 heteroatoms. The second-order valence-electron chi connectivity index (χ2n) is 8.05. The van der Waals surface area contributed by atoms with E-state index in [1.54, 1.807) is 0 Å². The summed E-state index contributed by atoms with van der Waals surface area (Å²) in [6.07, 6.45) is 3.67. The van der Waals surface area contributed by atoms with Crippen LogP contribution in [0.5, 0.6) is 0 Å². The minimum atomic E-state index is -0.399. The van der Waals surface area contributed by atoms with Gasteiger partial charge in [-0.05, 0) is 31.2 Å². The molecule has 4 rings (SSSR count). The van der Waals surface area contributed by atoms with Gasteiger partial charge in [0.2, 0.25) is 5.91 Å². The smallest absolute Gasteiger partial charge is 0.258 e. The molecule has 2 aliphatic heterocycles. The zero-order chi connectivity index (χ0) is 21.3. The van der Waals surface area contributed by atoms with E-state index in [9.17, 15) is 14.7 Å². The highest BCUT2D eigenvalue weighted by Crippen LogP contribution is 2.48. The van der Waals surface area contributed by atoms with Crippen LogP contribution >= 0.6 is 0 Å². The largest absolute Gasteiger partial charge is 0.396 e. The van der Waals surface area contributed by atoms with Gasteiger partial charge in [-0.3, -0.25) is 14.5 Å². The molecule has 2 aromatic rings. The van der Waals surface area contributed by atoms with Crippen LogP contribution in [0.3, 0.4) is 0 Å². The number of likely N-dealkylation sites (N-methyl/N-ethyl adjacent to an activating group) is 1. The van der Waals surface area contributed by atoms with Crippen molar-refractivity contribution in [1.82, 2.24) is 14.8 Å². The van der Waals surface area contributed by atoms with Crippen molar-refractivity contribution in [2.75, 3.05) is 13.2 Å². The van der Waals surface area contributed by atoms with Crippen molar-refractivity contribution in [3.63, 3.8) is 0 Å². The van der Waals surface area contributed by atoms with E-state index in [1.807, 2.05) is 66.1 Å². The molecule has 158 valence electrons. The summed E-state index contributed by atoms with van der Waals surface area (Å²) in [5, 5.41) is 13.3. The molecule has 0 radical (unpaired) electrons. The number of hydrogen-bond acceptors (Lipinski definition) is 4. The molecule has 1 aromatic carbocycles. The van der Waals surface area contributed by atoms with E-state index in [2.05, 4.69) is 17.1 Å². The van der Waals surface area contributed by atoms with Gasteiger partial charge >= 0.3 is 0 Å². The fourth-order valence-corrected chi connectivity index (χ4v) is 5.18. The number of hydrogen-bond donors (Lipinski definition) is 2. The van der Waals surface area contributed by atoms with Crippen LogP contribution in [-0.2, 0) is 17.9 Å². The lowest BCUT2D eigenvalue weighted by atomic mass is 9.86. The van der Waals surface area contributed by atoms with Gasteiger partial charge in [-0.2, -0.15) is 0 Å². The Kier molecular flexibility index (Phi) is 5.88. The zero-order valence-corrected chi connectivity index (χ0v) is 17.5. The second-order valence-corrected chi connectivity index (χ2v) is 8.05. The van der Waals surface area contributed by atoms with Crippen molar-refractivity contribution in [3.8, 4) is 0 Å². The summed E-state index contributed by atoms with van der Waals surface area (Å²) >= 11 is 0. The fraction of sp³-hybridized carbons (Fsp3) is 0.417. The molecule has 0 spiro atoms. The molecule has 1 saturated heterocycles. The van der Waals surface area contributed by atoms with E-state index in [-0.39, 0.29) is 36.1 Å². The minimum absolute atomic E-state index is 0.0293. The van der Waals surface area contributed by atoms with Crippen molar-refractivity contribution in [1.29, 1.82) is 0 Å². The van der Waals surface area contributed by atoms with Gasteiger partial charge in [0, 0.05) is 42.9 Å². The summed E-state index contributed by atoms with van der Waals surface area (Å²) in [7, 11) is 0. The molecule has 0 saturated carbocycles. The maximum atomic E-state index is 13.3. The number of fused-ring (bicyclic) bond motifs is 4. The number of benzene rings is 1. The number of allylic oxidation sites excluding steroid dienone is 1. The molecular formula is C24H29N3O3. The van der Waals surface area contributed by atoms with Gasteiger partial charge < -0.3 is 15.0 Å². The summed E-state index contributed by atoms with van der Waals surface area (Å²) in [5.74, 6) is -0.679. The summed E-state index contributed by atoms with van der Waals surface area (Å²) in [5.41, 5.74) is 2.52. The number of rotatable bonds is 6. The summed E-state index contributed by atoms with van der Waals surface area (Å²) in [6.45, 7) is 5.59. The van der Waals surface area contributed by atoms with Crippen molar-refractivity contribution in [3.05, 3.63) is 75.7 Å². The van der Waals surface area contributed by atoms with Crippen molar-refractivity contribution >= 4 is 12.0 Å². The van der Waals surface area contributed by atoms with Crippen molar-refractivity contribution in [2.45, 2.75) is 39.0 Å². The molecule has 2 aliphatic rings. The quantitative estimate of drug-likeness (QED) is 0.770. The average Bonchev–Trinajstić information content (AvgIpc) is 3.00. The van der Waals surface area contributed by atoms with Gasteiger partial charge in [-0.15, -0.1) is 0 Å². The van der Waals surface area contributed by atoms with Crippen LogP contribution in [0.15, 0.2) is 53.3 Å². The normalized spacial score (nSPS) is 25.4. The lowest BCUT2D eigenvalue weighted by Crippen LogP contribution is -2.46. The maximum Gasteiger partial charge on any atom is 0.258 e. The molecule has 6 nitrogen and oxygen atoms in total. The SMILES string of the molecule is C/C=C/c1ccc2n(c1=O)C[C@@H]1[C@@H](CO)[C@H](C(=O)NCc3ccccc3)[C@H]2N1CC. The first-order valence-corrected chi connectivity index (χ1v) is 10.6. The Hall–Kier alpha value is -2.70. The van der Waals surface area contributed by atoms with Crippen molar-refractivity contribution in [2.24, 2.45) is 11.8 Å². The molecule has 2 bridgehead atoms. The number of nitrogens with one attached hydrogen (secondary N) is 1. The highest BCUT2D eigenvalue weighted by molar-refractivity contribution is 5.80. The van der Waals surface area contributed by atoms with E-state index in [0.29, 0.717) is 18.7 Å². The maximum absolute atomic E-state index is 13.3. The molecule has 1 fully saturated rings.